The SMILES string of the molecule is CCNC(=NCCCn1nc(C)cc1C)N1CCc2ccccc21.I. The Morgan fingerprint density at radius 2 is 2.08 bits per heavy atom. The summed E-state index contributed by atoms with van der Waals surface area (Å²) >= 11 is 0. The molecule has 1 aliphatic rings. The number of fused-ring (bicyclic) bond motifs is 1. The van der Waals surface area contributed by atoms with Crippen LogP contribution in [-0.4, -0.2) is 35.4 Å². The third kappa shape index (κ3) is 4.74. The fourth-order valence-corrected chi connectivity index (χ4v) is 3.26. The Kier molecular flexibility index (Phi) is 7.28. The van der Waals surface area contributed by atoms with Crippen LogP contribution in [-0.2, 0) is 13.0 Å². The molecule has 1 N–H and O–H groups in total. The first-order valence-electron chi connectivity index (χ1n) is 8.84. The van der Waals surface area contributed by atoms with Crippen molar-refractivity contribution in [3.05, 3.63) is 47.3 Å². The molecule has 1 aromatic heterocycles. The van der Waals surface area contributed by atoms with Crippen molar-refractivity contribution in [2.75, 3.05) is 24.5 Å². The molecule has 1 aromatic carbocycles. The number of benzene rings is 1. The molecule has 25 heavy (non-hydrogen) atoms. The predicted octanol–water partition coefficient (Wildman–Crippen LogP) is 3.54. The summed E-state index contributed by atoms with van der Waals surface area (Å²) in [6.07, 6.45) is 2.08. The molecule has 136 valence electrons. The van der Waals surface area contributed by atoms with Gasteiger partial charge in [0, 0.05) is 37.6 Å². The zero-order valence-electron chi connectivity index (χ0n) is 15.3. The second-order valence-electron chi connectivity index (χ2n) is 6.27. The van der Waals surface area contributed by atoms with Gasteiger partial charge in [0.1, 0.15) is 0 Å². The van der Waals surface area contributed by atoms with Crippen LogP contribution in [0.5, 0.6) is 0 Å². The largest absolute Gasteiger partial charge is 0.356 e. The van der Waals surface area contributed by atoms with Gasteiger partial charge in [-0.15, -0.1) is 24.0 Å². The summed E-state index contributed by atoms with van der Waals surface area (Å²) in [6.45, 7) is 9.87. The Morgan fingerprint density at radius 1 is 1.28 bits per heavy atom. The van der Waals surface area contributed by atoms with Crippen LogP contribution >= 0.6 is 24.0 Å². The van der Waals surface area contributed by atoms with Gasteiger partial charge in [-0.25, -0.2) is 0 Å². The molecule has 5 nitrogen and oxygen atoms in total. The van der Waals surface area contributed by atoms with E-state index in [1.54, 1.807) is 0 Å². The van der Waals surface area contributed by atoms with Crippen LogP contribution in [0.2, 0.25) is 0 Å². The lowest BCUT2D eigenvalue weighted by atomic mass is 10.2. The maximum atomic E-state index is 4.84. The standard InChI is InChI=1S/C19H27N5.HI/c1-4-20-19(23-13-10-17-8-5-6-9-18(17)23)21-11-7-12-24-16(3)14-15(2)22-24;/h5-6,8-9,14H,4,7,10-13H2,1-3H3,(H,20,21);1H. The summed E-state index contributed by atoms with van der Waals surface area (Å²) < 4.78 is 2.07. The van der Waals surface area contributed by atoms with Crippen molar-refractivity contribution >= 4 is 35.6 Å². The molecule has 1 aliphatic heterocycles. The number of hydrogen-bond donors (Lipinski definition) is 1. The molecule has 0 bridgehead atoms. The molecule has 3 rings (SSSR count). The van der Waals surface area contributed by atoms with Crippen LogP contribution in [0.3, 0.4) is 0 Å². The van der Waals surface area contributed by atoms with E-state index < -0.39 is 0 Å². The van der Waals surface area contributed by atoms with E-state index in [-0.39, 0.29) is 24.0 Å². The molecule has 2 aromatic rings. The number of nitrogens with zero attached hydrogens (tertiary/aromatic N) is 4. The van der Waals surface area contributed by atoms with Crippen LogP contribution in [0.1, 0.15) is 30.3 Å². The number of rotatable bonds is 5. The molecule has 0 amide bonds. The number of hydrogen-bond acceptors (Lipinski definition) is 2. The summed E-state index contributed by atoms with van der Waals surface area (Å²) in [7, 11) is 0. The second-order valence-corrected chi connectivity index (χ2v) is 6.27. The molecule has 2 heterocycles. The first-order valence-corrected chi connectivity index (χ1v) is 8.84. The minimum absolute atomic E-state index is 0. The highest BCUT2D eigenvalue weighted by atomic mass is 127. The first-order chi connectivity index (χ1) is 11.7. The number of guanidine groups is 1. The highest BCUT2D eigenvalue weighted by Crippen LogP contribution is 2.27. The molecule has 0 saturated heterocycles. The van der Waals surface area contributed by atoms with Gasteiger partial charge in [-0.05, 0) is 51.3 Å². The molecular weight excluding hydrogens is 425 g/mol. The monoisotopic (exact) mass is 453 g/mol. The summed E-state index contributed by atoms with van der Waals surface area (Å²) in [5.74, 6) is 0.996. The van der Waals surface area contributed by atoms with E-state index >= 15 is 0 Å². The first kappa shape index (κ1) is 19.8. The van der Waals surface area contributed by atoms with E-state index in [1.807, 2.05) is 6.92 Å². The third-order valence-electron chi connectivity index (χ3n) is 4.37. The molecule has 6 heteroatoms. The van der Waals surface area contributed by atoms with Gasteiger partial charge in [-0.3, -0.25) is 9.67 Å². The Morgan fingerprint density at radius 3 is 2.80 bits per heavy atom. The average molecular weight is 453 g/mol. The lowest BCUT2D eigenvalue weighted by Gasteiger charge is -2.22. The van der Waals surface area contributed by atoms with Crippen molar-refractivity contribution < 1.29 is 0 Å². The van der Waals surface area contributed by atoms with Gasteiger partial charge in [0.05, 0.1) is 5.69 Å². The molecule has 0 fully saturated rings. The van der Waals surface area contributed by atoms with Crippen LogP contribution in [0, 0.1) is 13.8 Å². The summed E-state index contributed by atoms with van der Waals surface area (Å²) in [6, 6.07) is 10.7. The van der Waals surface area contributed by atoms with E-state index in [1.165, 1.54) is 16.9 Å². The zero-order valence-corrected chi connectivity index (χ0v) is 17.7. The van der Waals surface area contributed by atoms with Crippen molar-refractivity contribution in [2.24, 2.45) is 4.99 Å². The van der Waals surface area contributed by atoms with Crippen molar-refractivity contribution in [3.63, 3.8) is 0 Å². The van der Waals surface area contributed by atoms with E-state index in [4.69, 9.17) is 4.99 Å². The maximum Gasteiger partial charge on any atom is 0.198 e. The molecule has 0 aliphatic carbocycles. The Labute approximate surface area is 167 Å². The number of aryl methyl sites for hydroxylation is 3. The summed E-state index contributed by atoms with van der Waals surface area (Å²) in [5.41, 5.74) is 5.00. The van der Waals surface area contributed by atoms with E-state index in [0.29, 0.717) is 0 Å². The molecule has 0 atom stereocenters. The number of para-hydroxylation sites is 1. The van der Waals surface area contributed by atoms with Crippen molar-refractivity contribution in [1.29, 1.82) is 0 Å². The maximum absolute atomic E-state index is 4.84. The van der Waals surface area contributed by atoms with Crippen LogP contribution in [0.4, 0.5) is 5.69 Å². The third-order valence-corrected chi connectivity index (χ3v) is 4.37. The van der Waals surface area contributed by atoms with Gasteiger partial charge in [0.25, 0.3) is 0 Å². The van der Waals surface area contributed by atoms with Crippen molar-refractivity contribution in [3.8, 4) is 0 Å². The highest BCUT2D eigenvalue weighted by Gasteiger charge is 2.22. The fraction of sp³-hybridized carbons (Fsp3) is 0.474. The Bertz CT molecular complexity index is 722. The molecule has 0 unspecified atom stereocenters. The van der Waals surface area contributed by atoms with Crippen LogP contribution < -0.4 is 10.2 Å². The lowest BCUT2D eigenvalue weighted by Crippen LogP contribution is -2.40. The van der Waals surface area contributed by atoms with E-state index in [2.05, 4.69) is 64.2 Å². The van der Waals surface area contributed by atoms with Gasteiger partial charge in [0.15, 0.2) is 5.96 Å². The normalized spacial score (nSPS) is 13.6. The van der Waals surface area contributed by atoms with Gasteiger partial charge in [-0.1, -0.05) is 18.2 Å². The van der Waals surface area contributed by atoms with Crippen molar-refractivity contribution in [2.45, 2.75) is 40.2 Å². The van der Waals surface area contributed by atoms with Gasteiger partial charge in [0.2, 0.25) is 0 Å². The number of aliphatic imine (C=N–C) groups is 1. The average Bonchev–Trinajstić information content (AvgIpc) is 3.13. The lowest BCUT2D eigenvalue weighted by molar-refractivity contribution is 0.567. The number of halogens is 1. The fourth-order valence-electron chi connectivity index (χ4n) is 3.26. The van der Waals surface area contributed by atoms with E-state index in [0.717, 1.165) is 50.7 Å². The minimum Gasteiger partial charge on any atom is -0.356 e. The molecular formula is C19H28IN5. The number of aromatic nitrogens is 2. The number of anilines is 1. The van der Waals surface area contributed by atoms with Crippen LogP contribution in [0.15, 0.2) is 35.3 Å². The summed E-state index contributed by atoms with van der Waals surface area (Å²) in [5, 5.41) is 7.95. The molecule has 0 radical (unpaired) electrons. The second kappa shape index (κ2) is 9.22. The predicted molar refractivity (Wildman–Crippen MR) is 115 cm³/mol. The van der Waals surface area contributed by atoms with Gasteiger partial charge in [-0.2, -0.15) is 5.10 Å². The van der Waals surface area contributed by atoms with Gasteiger partial charge < -0.3 is 10.2 Å². The zero-order chi connectivity index (χ0) is 16.9. The Hall–Kier alpha value is -1.57. The molecule has 0 saturated carbocycles. The van der Waals surface area contributed by atoms with E-state index in [9.17, 15) is 0 Å². The van der Waals surface area contributed by atoms with Gasteiger partial charge >= 0.3 is 0 Å². The summed E-state index contributed by atoms with van der Waals surface area (Å²) in [4.78, 5) is 7.14. The number of nitrogens with one attached hydrogen (secondary N) is 1. The minimum atomic E-state index is 0. The molecule has 0 spiro atoms. The van der Waals surface area contributed by atoms with Crippen molar-refractivity contribution in [1.82, 2.24) is 15.1 Å². The topological polar surface area (TPSA) is 45.5 Å². The quantitative estimate of drug-likeness (QED) is 0.326. The Balaban J connectivity index is 0.00000225. The van der Waals surface area contributed by atoms with Crippen LogP contribution in [0.25, 0.3) is 0 Å². The highest BCUT2D eigenvalue weighted by molar-refractivity contribution is 14.0. The smallest absolute Gasteiger partial charge is 0.198 e.